The number of amides is 1. The zero-order valence-corrected chi connectivity index (χ0v) is 11.0. The first kappa shape index (κ1) is 12.6. The minimum Gasteiger partial charge on any atom is -0.376 e. The number of aryl methyl sites for hydroxylation is 2. The maximum Gasteiger partial charge on any atom is 0.251 e. The number of hydrogen-bond donors (Lipinski definition) is 1. The molecule has 1 aromatic rings. The van der Waals surface area contributed by atoms with E-state index in [1.165, 1.54) is 0 Å². The summed E-state index contributed by atoms with van der Waals surface area (Å²) in [7, 11) is 0. The van der Waals surface area contributed by atoms with Gasteiger partial charge >= 0.3 is 0 Å². The number of hydrogen-bond acceptors (Lipinski definition) is 5. The molecule has 2 atom stereocenters. The number of aromatic nitrogens is 3. The number of nitrogens with one attached hydrogen (secondary N) is 1. The lowest BCUT2D eigenvalue weighted by molar-refractivity contribution is -0.148. The van der Waals surface area contributed by atoms with Gasteiger partial charge in [-0.2, -0.15) is 0 Å². The minimum absolute atomic E-state index is 0.0844. The van der Waals surface area contributed by atoms with Crippen LogP contribution in [0, 0.1) is 6.92 Å². The number of fused-ring (bicyclic) bond motifs is 1. The first-order chi connectivity index (χ1) is 9.24. The summed E-state index contributed by atoms with van der Waals surface area (Å²) in [4.78, 5) is 12.0. The van der Waals surface area contributed by atoms with E-state index in [1.807, 2.05) is 6.92 Å². The van der Waals surface area contributed by atoms with Crippen LogP contribution in [0.2, 0.25) is 0 Å². The first-order valence-electron chi connectivity index (χ1n) is 6.62. The molecular weight excluding hydrogens is 248 g/mol. The summed E-state index contributed by atoms with van der Waals surface area (Å²) in [5, 5.41) is 11.2. The molecular formula is C12H18N4O3. The van der Waals surface area contributed by atoms with E-state index in [2.05, 4.69) is 20.1 Å². The summed E-state index contributed by atoms with van der Waals surface area (Å²) in [5.74, 6) is 1.81. The number of ether oxygens (including phenoxy) is 2. The van der Waals surface area contributed by atoms with Crippen molar-refractivity contribution in [1.29, 1.82) is 0 Å². The Kier molecular flexibility index (Phi) is 3.48. The van der Waals surface area contributed by atoms with Gasteiger partial charge in [0.1, 0.15) is 11.6 Å². The van der Waals surface area contributed by atoms with Crippen LogP contribution in [0.25, 0.3) is 0 Å². The summed E-state index contributed by atoms with van der Waals surface area (Å²) >= 11 is 0. The summed E-state index contributed by atoms with van der Waals surface area (Å²) in [5.41, 5.74) is 0. The Morgan fingerprint density at radius 3 is 3.11 bits per heavy atom. The lowest BCUT2D eigenvalue weighted by atomic mass is 10.1. The fraction of sp³-hybridized carbons (Fsp3) is 0.750. The van der Waals surface area contributed by atoms with Crippen molar-refractivity contribution in [2.75, 3.05) is 19.8 Å². The molecule has 0 aromatic carbocycles. The standard InChI is InChI=1S/C12H18N4O3/c1-8-14-15-11-3-2-9(6-16(8)11)13-12(17)10-7-18-4-5-19-10/h9-10H,2-7H2,1H3,(H,13,17)/t9-,10+/m1/s1. The van der Waals surface area contributed by atoms with Gasteiger partial charge in [0.05, 0.1) is 19.8 Å². The van der Waals surface area contributed by atoms with Crippen LogP contribution in [0.15, 0.2) is 0 Å². The van der Waals surface area contributed by atoms with Crippen molar-refractivity contribution in [3.8, 4) is 0 Å². The molecule has 0 saturated carbocycles. The Balaban J connectivity index is 1.59. The van der Waals surface area contributed by atoms with E-state index < -0.39 is 6.10 Å². The molecule has 0 bridgehead atoms. The molecule has 2 aliphatic rings. The second kappa shape index (κ2) is 5.26. The highest BCUT2D eigenvalue weighted by Gasteiger charge is 2.27. The van der Waals surface area contributed by atoms with Crippen LogP contribution < -0.4 is 5.32 Å². The van der Waals surface area contributed by atoms with E-state index in [1.54, 1.807) is 0 Å². The lowest BCUT2D eigenvalue weighted by Crippen LogP contribution is -2.49. The summed E-state index contributed by atoms with van der Waals surface area (Å²) in [6, 6.07) is 0.111. The molecule has 7 nitrogen and oxygen atoms in total. The molecule has 3 heterocycles. The fourth-order valence-corrected chi connectivity index (χ4v) is 2.51. The molecule has 1 amide bonds. The van der Waals surface area contributed by atoms with Gasteiger partial charge in [-0.05, 0) is 13.3 Å². The van der Waals surface area contributed by atoms with Crippen LogP contribution >= 0.6 is 0 Å². The third-order valence-electron chi connectivity index (χ3n) is 3.59. The van der Waals surface area contributed by atoms with Crippen LogP contribution in [-0.4, -0.2) is 52.6 Å². The molecule has 1 saturated heterocycles. The Labute approximate surface area is 111 Å². The van der Waals surface area contributed by atoms with E-state index in [9.17, 15) is 4.79 Å². The van der Waals surface area contributed by atoms with Gasteiger partial charge in [-0.1, -0.05) is 0 Å². The predicted molar refractivity (Wildman–Crippen MR) is 65.6 cm³/mol. The molecule has 3 rings (SSSR count). The van der Waals surface area contributed by atoms with Gasteiger partial charge in [-0.15, -0.1) is 10.2 Å². The zero-order valence-electron chi connectivity index (χ0n) is 11.0. The monoisotopic (exact) mass is 266 g/mol. The number of nitrogens with zero attached hydrogens (tertiary/aromatic N) is 3. The van der Waals surface area contributed by atoms with Crippen molar-refractivity contribution in [1.82, 2.24) is 20.1 Å². The zero-order chi connectivity index (χ0) is 13.2. The maximum atomic E-state index is 12.0. The molecule has 104 valence electrons. The normalized spacial score (nSPS) is 26.8. The van der Waals surface area contributed by atoms with Crippen molar-refractivity contribution in [2.45, 2.75) is 38.5 Å². The van der Waals surface area contributed by atoms with E-state index in [0.29, 0.717) is 19.8 Å². The highest BCUT2D eigenvalue weighted by molar-refractivity contribution is 5.81. The highest BCUT2D eigenvalue weighted by Crippen LogP contribution is 2.15. The van der Waals surface area contributed by atoms with Gasteiger partial charge in [-0.25, -0.2) is 0 Å². The van der Waals surface area contributed by atoms with Crippen molar-refractivity contribution < 1.29 is 14.3 Å². The molecule has 0 radical (unpaired) electrons. The molecule has 0 aliphatic carbocycles. The van der Waals surface area contributed by atoms with Crippen molar-refractivity contribution in [3.05, 3.63) is 11.6 Å². The second-order valence-corrected chi connectivity index (χ2v) is 4.95. The smallest absolute Gasteiger partial charge is 0.251 e. The molecule has 1 fully saturated rings. The largest absolute Gasteiger partial charge is 0.376 e. The Morgan fingerprint density at radius 2 is 2.32 bits per heavy atom. The molecule has 1 aromatic heterocycles. The summed E-state index contributed by atoms with van der Waals surface area (Å²) in [6.45, 7) is 4.05. The molecule has 2 aliphatic heterocycles. The Bertz CT molecular complexity index is 468. The van der Waals surface area contributed by atoms with Crippen molar-refractivity contribution in [3.63, 3.8) is 0 Å². The number of rotatable bonds is 2. The van der Waals surface area contributed by atoms with Crippen LogP contribution in [0.3, 0.4) is 0 Å². The van der Waals surface area contributed by atoms with Gasteiger partial charge in [-0.3, -0.25) is 4.79 Å². The van der Waals surface area contributed by atoms with Gasteiger partial charge in [0.25, 0.3) is 5.91 Å². The van der Waals surface area contributed by atoms with Crippen LogP contribution in [0.4, 0.5) is 0 Å². The van der Waals surface area contributed by atoms with Gasteiger partial charge in [0, 0.05) is 19.0 Å². The molecule has 0 unspecified atom stereocenters. The topological polar surface area (TPSA) is 78.3 Å². The number of carbonyl (C=O) groups is 1. The SMILES string of the molecule is Cc1nnc2n1C[C@H](NC(=O)[C@@H]1COCCO1)CC2. The van der Waals surface area contributed by atoms with E-state index >= 15 is 0 Å². The highest BCUT2D eigenvalue weighted by atomic mass is 16.6. The van der Waals surface area contributed by atoms with Crippen LogP contribution in [-0.2, 0) is 27.2 Å². The van der Waals surface area contributed by atoms with Crippen molar-refractivity contribution in [2.24, 2.45) is 0 Å². The second-order valence-electron chi connectivity index (χ2n) is 4.95. The maximum absolute atomic E-state index is 12.0. The van der Waals surface area contributed by atoms with Crippen LogP contribution in [0.1, 0.15) is 18.1 Å². The third kappa shape index (κ3) is 2.62. The Morgan fingerprint density at radius 1 is 1.42 bits per heavy atom. The van der Waals surface area contributed by atoms with Crippen molar-refractivity contribution >= 4 is 5.91 Å². The molecule has 19 heavy (non-hydrogen) atoms. The fourth-order valence-electron chi connectivity index (χ4n) is 2.51. The lowest BCUT2D eigenvalue weighted by Gasteiger charge is -2.28. The van der Waals surface area contributed by atoms with Gasteiger partial charge in [0.2, 0.25) is 0 Å². The van der Waals surface area contributed by atoms with E-state index in [-0.39, 0.29) is 11.9 Å². The average Bonchev–Trinajstić information content (AvgIpc) is 2.81. The minimum atomic E-state index is -0.475. The van der Waals surface area contributed by atoms with Crippen LogP contribution in [0.5, 0.6) is 0 Å². The quantitative estimate of drug-likeness (QED) is 0.776. The molecule has 0 spiro atoms. The Hall–Kier alpha value is -1.47. The first-order valence-corrected chi connectivity index (χ1v) is 6.62. The van der Waals surface area contributed by atoms with E-state index in [0.717, 1.165) is 31.0 Å². The van der Waals surface area contributed by atoms with E-state index in [4.69, 9.17) is 9.47 Å². The van der Waals surface area contributed by atoms with Gasteiger partial charge in [0.15, 0.2) is 6.10 Å². The summed E-state index contributed by atoms with van der Waals surface area (Å²) in [6.07, 6.45) is 1.25. The predicted octanol–water partition coefficient (Wildman–Crippen LogP) is -0.567. The summed E-state index contributed by atoms with van der Waals surface area (Å²) < 4.78 is 12.7. The van der Waals surface area contributed by atoms with Gasteiger partial charge < -0.3 is 19.4 Å². The average molecular weight is 266 g/mol. The number of carbonyl (C=O) groups excluding carboxylic acids is 1. The molecule has 7 heteroatoms. The third-order valence-corrected chi connectivity index (χ3v) is 3.59. The molecule has 1 N–H and O–H groups in total.